The highest BCUT2D eigenvalue weighted by Gasteiger charge is 2.42. The van der Waals surface area contributed by atoms with Gasteiger partial charge in [-0.3, -0.25) is 4.98 Å². The van der Waals surface area contributed by atoms with E-state index in [0.29, 0.717) is 11.2 Å². The number of methoxy groups -OCH3 is 2. The quantitative estimate of drug-likeness (QED) is 0.483. The number of anilines is 1. The van der Waals surface area contributed by atoms with Crippen LogP contribution in [0.5, 0.6) is 11.5 Å². The summed E-state index contributed by atoms with van der Waals surface area (Å²) >= 11 is 5.87. The van der Waals surface area contributed by atoms with E-state index in [2.05, 4.69) is 44.3 Å². The Morgan fingerprint density at radius 3 is 2.61 bits per heavy atom. The third kappa shape index (κ3) is 4.17. The van der Waals surface area contributed by atoms with Gasteiger partial charge in [0.2, 0.25) is 0 Å². The third-order valence-electron chi connectivity index (χ3n) is 6.82. The van der Waals surface area contributed by atoms with E-state index in [0.717, 1.165) is 22.9 Å². The van der Waals surface area contributed by atoms with Crippen molar-refractivity contribution in [1.82, 2.24) is 14.9 Å². The fourth-order valence-electron chi connectivity index (χ4n) is 5.15. The highest BCUT2D eigenvalue weighted by molar-refractivity contribution is 7.80. The minimum absolute atomic E-state index is 0.0560. The molecule has 2 aromatic heterocycles. The van der Waals surface area contributed by atoms with Gasteiger partial charge in [0.1, 0.15) is 11.5 Å². The summed E-state index contributed by atoms with van der Waals surface area (Å²) in [5.74, 6) is 1.46. The summed E-state index contributed by atoms with van der Waals surface area (Å²) in [4.78, 5) is 6.82. The molecule has 1 aliphatic carbocycles. The van der Waals surface area contributed by atoms with Crippen LogP contribution in [0.3, 0.4) is 0 Å². The minimum atomic E-state index is -0.0762. The molecule has 7 heteroatoms. The molecular formula is C26H30N4O2S. The van der Waals surface area contributed by atoms with Gasteiger partial charge in [-0.2, -0.15) is 0 Å². The Bertz CT molecular complexity index is 1110. The van der Waals surface area contributed by atoms with E-state index in [9.17, 15) is 0 Å². The van der Waals surface area contributed by atoms with Crippen molar-refractivity contribution in [3.8, 4) is 11.5 Å². The number of thiocarbonyl (C=S) groups is 1. The minimum Gasteiger partial charge on any atom is -0.497 e. The zero-order chi connectivity index (χ0) is 22.8. The molecule has 5 rings (SSSR count). The summed E-state index contributed by atoms with van der Waals surface area (Å²) in [6.45, 7) is 0. The molecule has 3 aromatic rings. The number of benzene rings is 1. The Morgan fingerprint density at radius 2 is 1.88 bits per heavy atom. The van der Waals surface area contributed by atoms with Crippen LogP contribution in [0.15, 0.2) is 61.1 Å². The predicted molar refractivity (Wildman–Crippen MR) is 134 cm³/mol. The van der Waals surface area contributed by atoms with Crippen LogP contribution in [0.4, 0.5) is 5.69 Å². The molecule has 1 saturated carbocycles. The topological polar surface area (TPSA) is 51.5 Å². The molecule has 3 heterocycles. The molecule has 2 fully saturated rings. The molecule has 0 radical (unpaired) electrons. The second-order valence-corrected chi connectivity index (χ2v) is 9.10. The standard InChI is InChI=1S/C26H30N4O2S/c1-31-20-11-12-22(23(16-20)32-2)30-25(24(28-26(30)33)21-10-6-7-14-27-21)18-13-15-29(17-18)19-8-4-3-5-9-19/h6-7,10-17,19,24-25H,3-5,8-9H2,1-2H3,(H,28,33)/t24-,25+/m0/s1. The number of nitrogens with one attached hydrogen (secondary N) is 1. The number of aromatic nitrogens is 2. The summed E-state index contributed by atoms with van der Waals surface area (Å²) < 4.78 is 13.6. The van der Waals surface area contributed by atoms with Crippen LogP contribution in [0.2, 0.25) is 0 Å². The molecule has 172 valence electrons. The highest BCUT2D eigenvalue weighted by atomic mass is 32.1. The Kier molecular flexibility index (Phi) is 6.22. The molecular weight excluding hydrogens is 432 g/mol. The summed E-state index contributed by atoms with van der Waals surface area (Å²) in [6.07, 6.45) is 12.8. The molecule has 1 aliphatic heterocycles. The van der Waals surface area contributed by atoms with Gasteiger partial charge >= 0.3 is 0 Å². The molecule has 0 unspecified atom stereocenters. The van der Waals surface area contributed by atoms with E-state index in [1.54, 1.807) is 14.2 Å². The number of pyridine rings is 1. The van der Waals surface area contributed by atoms with Crippen molar-refractivity contribution in [2.75, 3.05) is 19.1 Å². The largest absolute Gasteiger partial charge is 0.497 e. The van der Waals surface area contributed by atoms with Crippen LogP contribution in [-0.4, -0.2) is 28.9 Å². The summed E-state index contributed by atoms with van der Waals surface area (Å²) in [6, 6.07) is 14.5. The molecule has 2 aliphatic rings. The van der Waals surface area contributed by atoms with Crippen LogP contribution < -0.4 is 19.7 Å². The first kappa shape index (κ1) is 21.8. The van der Waals surface area contributed by atoms with Crippen LogP contribution >= 0.6 is 12.2 Å². The molecule has 1 N–H and O–H groups in total. The van der Waals surface area contributed by atoms with E-state index < -0.39 is 0 Å². The number of rotatable bonds is 6. The maximum atomic E-state index is 5.87. The molecule has 1 saturated heterocycles. The predicted octanol–water partition coefficient (Wildman–Crippen LogP) is 5.58. The maximum Gasteiger partial charge on any atom is 0.174 e. The second kappa shape index (κ2) is 9.43. The lowest BCUT2D eigenvalue weighted by atomic mass is 9.95. The van der Waals surface area contributed by atoms with Crippen LogP contribution in [0.1, 0.15) is 61.5 Å². The first-order valence-corrected chi connectivity index (χ1v) is 12.0. The van der Waals surface area contributed by atoms with Crippen molar-refractivity contribution >= 4 is 23.0 Å². The average Bonchev–Trinajstić information content (AvgIpc) is 3.49. The average molecular weight is 463 g/mol. The zero-order valence-electron chi connectivity index (χ0n) is 19.1. The SMILES string of the molecule is COc1ccc(N2C(=S)N[C@@H](c3ccccn3)[C@H]2c2ccn(C3CCCCC3)c2)c(OC)c1. The maximum absolute atomic E-state index is 5.87. The van der Waals surface area contributed by atoms with Gasteiger partial charge in [-0.15, -0.1) is 0 Å². The van der Waals surface area contributed by atoms with Crippen LogP contribution in [-0.2, 0) is 0 Å². The van der Waals surface area contributed by atoms with E-state index >= 15 is 0 Å². The Labute approximate surface area is 200 Å². The van der Waals surface area contributed by atoms with Gasteiger partial charge in [-0.25, -0.2) is 0 Å². The van der Waals surface area contributed by atoms with E-state index in [1.807, 2.05) is 36.5 Å². The van der Waals surface area contributed by atoms with Crippen molar-refractivity contribution in [3.63, 3.8) is 0 Å². The van der Waals surface area contributed by atoms with E-state index in [-0.39, 0.29) is 12.1 Å². The van der Waals surface area contributed by atoms with Gasteiger partial charge < -0.3 is 24.3 Å². The first-order valence-electron chi connectivity index (χ1n) is 11.6. The lowest BCUT2D eigenvalue weighted by Gasteiger charge is -2.29. The monoisotopic (exact) mass is 462 g/mol. The van der Waals surface area contributed by atoms with Gasteiger partial charge in [0.25, 0.3) is 0 Å². The Balaban J connectivity index is 1.58. The van der Waals surface area contributed by atoms with Crippen molar-refractivity contribution in [2.24, 2.45) is 0 Å². The lowest BCUT2D eigenvalue weighted by molar-refractivity contribution is 0.353. The molecule has 0 spiro atoms. The highest BCUT2D eigenvalue weighted by Crippen LogP contribution is 2.45. The van der Waals surface area contributed by atoms with Crippen molar-refractivity contribution < 1.29 is 9.47 Å². The van der Waals surface area contributed by atoms with Gasteiger partial charge in [-0.05, 0) is 61.0 Å². The fraction of sp³-hybridized carbons (Fsp3) is 0.385. The smallest absolute Gasteiger partial charge is 0.174 e. The zero-order valence-corrected chi connectivity index (χ0v) is 19.9. The van der Waals surface area contributed by atoms with Gasteiger partial charge in [0, 0.05) is 30.7 Å². The van der Waals surface area contributed by atoms with Gasteiger partial charge in [0.15, 0.2) is 5.11 Å². The van der Waals surface area contributed by atoms with Gasteiger partial charge in [-0.1, -0.05) is 25.3 Å². The molecule has 1 aromatic carbocycles. The third-order valence-corrected chi connectivity index (χ3v) is 7.13. The number of hydrogen-bond donors (Lipinski definition) is 1. The Morgan fingerprint density at radius 1 is 1.03 bits per heavy atom. The summed E-state index contributed by atoms with van der Waals surface area (Å²) in [5.41, 5.74) is 3.08. The second-order valence-electron chi connectivity index (χ2n) is 8.72. The summed E-state index contributed by atoms with van der Waals surface area (Å²) in [7, 11) is 3.33. The van der Waals surface area contributed by atoms with E-state index in [4.69, 9.17) is 21.7 Å². The Hall–Kier alpha value is -3.06. The van der Waals surface area contributed by atoms with E-state index in [1.165, 1.54) is 37.7 Å². The molecule has 6 nitrogen and oxygen atoms in total. The fourth-order valence-corrected chi connectivity index (χ4v) is 5.49. The molecule has 0 bridgehead atoms. The number of ether oxygens (including phenoxy) is 2. The van der Waals surface area contributed by atoms with Crippen LogP contribution in [0, 0.1) is 0 Å². The molecule has 33 heavy (non-hydrogen) atoms. The van der Waals surface area contributed by atoms with Crippen molar-refractivity contribution in [1.29, 1.82) is 0 Å². The number of hydrogen-bond acceptors (Lipinski definition) is 4. The lowest BCUT2D eigenvalue weighted by Crippen LogP contribution is -2.29. The van der Waals surface area contributed by atoms with Crippen molar-refractivity contribution in [3.05, 3.63) is 72.3 Å². The number of nitrogens with zero attached hydrogens (tertiary/aromatic N) is 3. The summed E-state index contributed by atoms with van der Waals surface area (Å²) in [5, 5.41) is 4.19. The molecule has 2 atom stereocenters. The molecule has 0 amide bonds. The van der Waals surface area contributed by atoms with Crippen LogP contribution in [0.25, 0.3) is 0 Å². The van der Waals surface area contributed by atoms with Gasteiger partial charge in [0.05, 0.1) is 37.7 Å². The normalized spacial score (nSPS) is 21.2. The van der Waals surface area contributed by atoms with Crippen molar-refractivity contribution in [2.45, 2.75) is 50.2 Å². The first-order chi connectivity index (χ1) is 16.2.